The van der Waals surface area contributed by atoms with Crippen molar-refractivity contribution in [2.45, 2.75) is 58.0 Å². The van der Waals surface area contributed by atoms with Crippen LogP contribution in [0.15, 0.2) is 71.6 Å². The number of carbonyl (C=O) groups excluding carboxylic acids is 2. The number of nitrogens with zero attached hydrogens (tertiary/aromatic N) is 2. The molecule has 220 valence electrons. The predicted octanol–water partition coefficient (Wildman–Crippen LogP) is 5.49. The van der Waals surface area contributed by atoms with Gasteiger partial charge in [-0.1, -0.05) is 67.4 Å². The summed E-state index contributed by atoms with van der Waals surface area (Å²) in [7, 11) is -2.74. The van der Waals surface area contributed by atoms with E-state index in [0.29, 0.717) is 18.7 Å². The Kier molecular flexibility index (Phi) is 11.2. The minimum absolute atomic E-state index is 0.0287. The van der Waals surface area contributed by atoms with E-state index >= 15 is 0 Å². The van der Waals surface area contributed by atoms with Gasteiger partial charge in [-0.2, -0.15) is 0 Å². The Morgan fingerprint density at radius 2 is 1.68 bits per heavy atom. The van der Waals surface area contributed by atoms with Crippen molar-refractivity contribution in [3.63, 3.8) is 0 Å². The molecule has 0 unspecified atom stereocenters. The second-order valence-electron chi connectivity index (χ2n) is 9.81. The van der Waals surface area contributed by atoms with E-state index in [1.54, 1.807) is 24.3 Å². The van der Waals surface area contributed by atoms with E-state index in [2.05, 4.69) is 5.32 Å². The molecule has 0 spiro atoms. The molecule has 0 saturated heterocycles. The Morgan fingerprint density at radius 1 is 1.00 bits per heavy atom. The highest BCUT2D eigenvalue weighted by molar-refractivity contribution is 7.92. The molecule has 0 saturated carbocycles. The van der Waals surface area contributed by atoms with Crippen LogP contribution in [0.5, 0.6) is 5.75 Å². The van der Waals surface area contributed by atoms with Crippen LogP contribution in [0.2, 0.25) is 5.02 Å². The van der Waals surface area contributed by atoms with Gasteiger partial charge in [-0.15, -0.1) is 0 Å². The van der Waals surface area contributed by atoms with Crippen LogP contribution in [0.1, 0.15) is 43.4 Å². The maximum absolute atomic E-state index is 14.1. The highest BCUT2D eigenvalue weighted by atomic mass is 35.5. The summed E-state index contributed by atoms with van der Waals surface area (Å²) in [5.41, 5.74) is 2.92. The number of hydrogen-bond acceptors (Lipinski definition) is 5. The first-order valence-corrected chi connectivity index (χ1v) is 15.4. The summed E-state index contributed by atoms with van der Waals surface area (Å²) in [6.07, 6.45) is 1.10. The van der Waals surface area contributed by atoms with Gasteiger partial charge in [-0.05, 0) is 68.1 Å². The fraction of sp³-hybridized carbons (Fsp3) is 0.355. The summed E-state index contributed by atoms with van der Waals surface area (Å²) in [6, 6.07) is 17.8. The molecule has 0 fully saturated rings. The van der Waals surface area contributed by atoms with Gasteiger partial charge in [-0.3, -0.25) is 13.9 Å². The van der Waals surface area contributed by atoms with Crippen molar-refractivity contribution < 1.29 is 22.7 Å². The van der Waals surface area contributed by atoms with Crippen LogP contribution in [0.25, 0.3) is 0 Å². The molecule has 0 aliphatic rings. The molecule has 10 heteroatoms. The second-order valence-corrected chi connectivity index (χ2v) is 12.1. The summed E-state index contributed by atoms with van der Waals surface area (Å²) in [5.74, 6) is -0.430. The smallest absolute Gasteiger partial charge is 0.264 e. The Morgan fingerprint density at radius 3 is 2.27 bits per heavy atom. The molecule has 3 aromatic carbocycles. The van der Waals surface area contributed by atoms with Gasteiger partial charge in [-0.25, -0.2) is 8.42 Å². The lowest BCUT2D eigenvalue weighted by molar-refractivity contribution is -0.140. The Hall–Kier alpha value is -3.56. The quantitative estimate of drug-likeness (QED) is 0.280. The number of nitrogens with one attached hydrogen (secondary N) is 1. The van der Waals surface area contributed by atoms with Crippen LogP contribution >= 0.6 is 11.6 Å². The lowest BCUT2D eigenvalue weighted by Gasteiger charge is -2.33. The normalized spacial score (nSPS) is 12.0. The number of ether oxygens (including phenoxy) is 1. The van der Waals surface area contributed by atoms with Crippen molar-refractivity contribution >= 4 is 39.1 Å². The van der Waals surface area contributed by atoms with Gasteiger partial charge >= 0.3 is 0 Å². The van der Waals surface area contributed by atoms with Gasteiger partial charge in [0.1, 0.15) is 18.3 Å². The van der Waals surface area contributed by atoms with Gasteiger partial charge in [0.25, 0.3) is 10.0 Å². The van der Waals surface area contributed by atoms with E-state index in [-0.39, 0.29) is 28.1 Å². The van der Waals surface area contributed by atoms with Gasteiger partial charge in [0.05, 0.1) is 22.7 Å². The topological polar surface area (TPSA) is 96.0 Å². The van der Waals surface area contributed by atoms with Crippen LogP contribution < -0.4 is 14.4 Å². The standard InChI is InChI=1S/C31H38ClN3O5S/c1-6-18-33-31(37)28(7-2)34(20-24-11-9-8-10-23(24)4)30(36)21-35(25-14-17-29(40-5)27(32)19-25)41(38,39)26-15-12-22(3)13-16-26/h8-17,19,28H,6-7,18,20-21H2,1-5H3,(H,33,37)/t28-/m0/s1. The molecular weight excluding hydrogens is 562 g/mol. The van der Waals surface area contributed by atoms with Crippen molar-refractivity contribution in [1.29, 1.82) is 0 Å². The van der Waals surface area contributed by atoms with Crippen LogP contribution in [0.3, 0.4) is 0 Å². The number of aryl methyl sites for hydroxylation is 2. The van der Waals surface area contributed by atoms with Crippen molar-refractivity contribution in [3.8, 4) is 5.75 Å². The van der Waals surface area contributed by atoms with Crippen LogP contribution in [-0.4, -0.2) is 51.4 Å². The fourth-order valence-electron chi connectivity index (χ4n) is 4.43. The zero-order valence-corrected chi connectivity index (χ0v) is 25.8. The van der Waals surface area contributed by atoms with Gasteiger partial charge in [0.15, 0.2) is 0 Å². The lowest BCUT2D eigenvalue weighted by atomic mass is 10.1. The molecule has 3 aromatic rings. The van der Waals surface area contributed by atoms with Gasteiger partial charge in [0, 0.05) is 13.1 Å². The minimum atomic E-state index is -4.20. The van der Waals surface area contributed by atoms with Crippen LogP contribution in [0.4, 0.5) is 5.69 Å². The van der Waals surface area contributed by atoms with E-state index < -0.39 is 28.5 Å². The maximum Gasteiger partial charge on any atom is 0.264 e. The number of benzene rings is 3. The van der Waals surface area contributed by atoms with E-state index in [9.17, 15) is 18.0 Å². The summed E-state index contributed by atoms with van der Waals surface area (Å²) < 4.78 is 34.3. The maximum atomic E-state index is 14.1. The third-order valence-electron chi connectivity index (χ3n) is 6.85. The van der Waals surface area contributed by atoms with E-state index in [4.69, 9.17) is 16.3 Å². The molecule has 1 N–H and O–H groups in total. The van der Waals surface area contributed by atoms with Crippen molar-refractivity contribution in [2.24, 2.45) is 0 Å². The minimum Gasteiger partial charge on any atom is -0.495 e. The first-order chi connectivity index (χ1) is 19.5. The predicted molar refractivity (Wildman–Crippen MR) is 163 cm³/mol. The molecule has 2 amide bonds. The van der Waals surface area contributed by atoms with E-state index in [0.717, 1.165) is 27.4 Å². The Bertz CT molecular complexity index is 1460. The zero-order chi connectivity index (χ0) is 30.2. The molecule has 8 nitrogen and oxygen atoms in total. The lowest BCUT2D eigenvalue weighted by Crippen LogP contribution is -2.52. The molecule has 0 bridgehead atoms. The molecule has 0 heterocycles. The number of methoxy groups -OCH3 is 1. The van der Waals surface area contributed by atoms with Crippen molar-refractivity contribution in [1.82, 2.24) is 10.2 Å². The summed E-state index contributed by atoms with van der Waals surface area (Å²) in [5, 5.41) is 3.09. The van der Waals surface area contributed by atoms with Crippen molar-refractivity contribution in [3.05, 3.63) is 88.4 Å². The van der Waals surface area contributed by atoms with Crippen LogP contribution in [-0.2, 0) is 26.2 Å². The van der Waals surface area contributed by atoms with Gasteiger partial charge in [0.2, 0.25) is 11.8 Å². The summed E-state index contributed by atoms with van der Waals surface area (Å²) in [6.45, 7) is 7.65. The number of anilines is 1. The largest absolute Gasteiger partial charge is 0.495 e. The molecule has 0 aromatic heterocycles. The zero-order valence-electron chi connectivity index (χ0n) is 24.2. The fourth-order valence-corrected chi connectivity index (χ4v) is 6.09. The molecule has 41 heavy (non-hydrogen) atoms. The first-order valence-electron chi connectivity index (χ1n) is 13.6. The Balaban J connectivity index is 2.10. The van der Waals surface area contributed by atoms with Crippen LogP contribution in [0, 0.1) is 13.8 Å². The third kappa shape index (κ3) is 7.80. The second kappa shape index (κ2) is 14.4. The third-order valence-corrected chi connectivity index (χ3v) is 8.93. The number of halogens is 1. The van der Waals surface area contributed by atoms with E-state index in [1.807, 2.05) is 52.0 Å². The Labute approximate surface area is 248 Å². The summed E-state index contributed by atoms with van der Waals surface area (Å²) in [4.78, 5) is 28.8. The first kappa shape index (κ1) is 32.0. The molecule has 3 rings (SSSR count). The average molecular weight is 600 g/mol. The number of rotatable bonds is 13. The number of carbonyl (C=O) groups is 2. The molecule has 0 radical (unpaired) electrons. The highest BCUT2D eigenvalue weighted by Gasteiger charge is 2.34. The molecule has 1 atom stereocenters. The molecule has 0 aliphatic heterocycles. The monoisotopic (exact) mass is 599 g/mol. The molecule has 0 aliphatic carbocycles. The number of sulfonamides is 1. The average Bonchev–Trinajstić information content (AvgIpc) is 2.95. The summed E-state index contributed by atoms with van der Waals surface area (Å²) >= 11 is 6.38. The van der Waals surface area contributed by atoms with Gasteiger partial charge < -0.3 is 15.0 Å². The van der Waals surface area contributed by atoms with E-state index in [1.165, 1.54) is 30.2 Å². The molecular formula is C31H38ClN3O5S. The highest BCUT2D eigenvalue weighted by Crippen LogP contribution is 2.32. The number of hydrogen-bond donors (Lipinski definition) is 1. The SMILES string of the molecule is CCCNC(=O)[C@H](CC)N(Cc1ccccc1C)C(=O)CN(c1ccc(OC)c(Cl)c1)S(=O)(=O)c1ccc(C)cc1. The van der Waals surface area contributed by atoms with Crippen molar-refractivity contribution in [2.75, 3.05) is 24.5 Å². The number of amides is 2.